The van der Waals surface area contributed by atoms with Crippen molar-refractivity contribution in [2.24, 2.45) is 0 Å². The summed E-state index contributed by atoms with van der Waals surface area (Å²) in [5.41, 5.74) is 3.27. The number of carbonyl (C=O) groups is 1. The molecule has 0 atom stereocenters. The molecule has 0 radical (unpaired) electrons. The smallest absolute Gasteiger partial charge is 0.226 e. The van der Waals surface area contributed by atoms with Crippen LogP contribution in [0.15, 0.2) is 71.5 Å². The Morgan fingerprint density at radius 3 is 2.80 bits per heavy atom. The van der Waals surface area contributed by atoms with Gasteiger partial charge in [-0.3, -0.25) is 4.79 Å². The maximum absolute atomic E-state index is 12.3. The molecule has 0 aliphatic heterocycles. The summed E-state index contributed by atoms with van der Waals surface area (Å²) in [7, 11) is 0. The van der Waals surface area contributed by atoms with E-state index in [-0.39, 0.29) is 12.3 Å². The van der Waals surface area contributed by atoms with Crippen LogP contribution in [0, 0.1) is 0 Å². The number of fused-ring (bicyclic) bond motifs is 1. The number of rotatable bonds is 5. The normalized spacial score (nSPS) is 10.9. The molecule has 2 aromatic carbocycles. The van der Waals surface area contributed by atoms with Crippen molar-refractivity contribution in [1.82, 2.24) is 20.3 Å². The lowest BCUT2D eigenvalue weighted by molar-refractivity contribution is -0.120. The van der Waals surface area contributed by atoms with Crippen LogP contribution in [-0.4, -0.2) is 20.8 Å². The van der Waals surface area contributed by atoms with Gasteiger partial charge in [0.2, 0.25) is 5.91 Å². The monoisotopic (exact) mass is 332 g/mol. The van der Waals surface area contributed by atoms with Gasteiger partial charge < -0.3 is 9.84 Å². The number of amides is 1. The largest absolute Gasteiger partial charge is 0.356 e. The maximum atomic E-state index is 12.3. The molecular weight excluding hydrogens is 316 g/mol. The molecule has 2 aromatic heterocycles. The van der Waals surface area contributed by atoms with Gasteiger partial charge in [-0.1, -0.05) is 35.5 Å². The molecule has 0 aliphatic rings. The molecule has 1 amide bonds. The summed E-state index contributed by atoms with van der Waals surface area (Å²) >= 11 is 0. The van der Waals surface area contributed by atoms with Crippen molar-refractivity contribution in [2.75, 3.05) is 0 Å². The average molecular weight is 332 g/mol. The van der Waals surface area contributed by atoms with E-state index in [1.807, 2.05) is 60.8 Å². The summed E-state index contributed by atoms with van der Waals surface area (Å²) < 4.78 is 7.02. The zero-order valence-electron chi connectivity index (χ0n) is 13.4. The molecule has 25 heavy (non-hydrogen) atoms. The molecule has 4 rings (SSSR count). The molecule has 0 spiro atoms. The minimum absolute atomic E-state index is 0.102. The van der Waals surface area contributed by atoms with Gasteiger partial charge >= 0.3 is 0 Å². The fraction of sp³-hybridized carbons (Fsp3) is 0.105. The lowest BCUT2D eigenvalue weighted by atomic mass is 10.1. The van der Waals surface area contributed by atoms with E-state index in [0.717, 1.165) is 16.6 Å². The van der Waals surface area contributed by atoms with Crippen LogP contribution in [0.1, 0.15) is 11.3 Å². The number of hydrogen-bond donors (Lipinski definition) is 1. The molecule has 0 unspecified atom stereocenters. The zero-order chi connectivity index (χ0) is 17.1. The van der Waals surface area contributed by atoms with E-state index in [1.54, 1.807) is 10.9 Å². The molecule has 2 heterocycles. The van der Waals surface area contributed by atoms with Crippen LogP contribution in [0.2, 0.25) is 0 Å². The van der Waals surface area contributed by atoms with Gasteiger partial charge in [0.1, 0.15) is 5.69 Å². The third kappa shape index (κ3) is 3.14. The van der Waals surface area contributed by atoms with Gasteiger partial charge in [-0.15, -0.1) is 0 Å². The van der Waals surface area contributed by atoms with Crippen molar-refractivity contribution in [3.05, 3.63) is 78.2 Å². The van der Waals surface area contributed by atoms with E-state index in [4.69, 9.17) is 4.52 Å². The van der Waals surface area contributed by atoms with Crippen LogP contribution in [-0.2, 0) is 17.8 Å². The third-order valence-electron chi connectivity index (χ3n) is 4.00. The quantitative estimate of drug-likeness (QED) is 0.610. The maximum Gasteiger partial charge on any atom is 0.226 e. The molecule has 6 nitrogen and oxygen atoms in total. The van der Waals surface area contributed by atoms with Gasteiger partial charge in [0.25, 0.3) is 0 Å². The fourth-order valence-corrected chi connectivity index (χ4v) is 2.77. The number of nitrogens with zero attached hydrogens (tertiary/aromatic N) is 3. The summed E-state index contributed by atoms with van der Waals surface area (Å²) in [6, 6.07) is 17.2. The first-order valence-electron chi connectivity index (χ1n) is 7.99. The highest BCUT2D eigenvalue weighted by molar-refractivity contribution is 5.86. The Morgan fingerprint density at radius 1 is 1.08 bits per heavy atom. The first-order valence-corrected chi connectivity index (χ1v) is 7.99. The van der Waals surface area contributed by atoms with Crippen molar-refractivity contribution in [3.8, 4) is 5.69 Å². The van der Waals surface area contributed by atoms with Crippen LogP contribution in [0.5, 0.6) is 0 Å². The van der Waals surface area contributed by atoms with E-state index >= 15 is 0 Å². The predicted octanol–water partition coefficient (Wildman–Crippen LogP) is 2.87. The van der Waals surface area contributed by atoms with Crippen LogP contribution in [0.4, 0.5) is 0 Å². The molecule has 0 saturated heterocycles. The molecule has 0 fully saturated rings. The highest BCUT2D eigenvalue weighted by Gasteiger charge is 2.12. The van der Waals surface area contributed by atoms with Crippen molar-refractivity contribution >= 4 is 16.9 Å². The minimum Gasteiger partial charge on any atom is -0.356 e. The molecule has 0 aliphatic carbocycles. The topological polar surface area (TPSA) is 73.0 Å². The second-order valence-corrected chi connectivity index (χ2v) is 5.66. The van der Waals surface area contributed by atoms with Crippen molar-refractivity contribution in [1.29, 1.82) is 0 Å². The van der Waals surface area contributed by atoms with E-state index in [0.29, 0.717) is 17.8 Å². The van der Waals surface area contributed by atoms with Crippen molar-refractivity contribution < 1.29 is 9.32 Å². The lowest BCUT2D eigenvalue weighted by Crippen LogP contribution is -2.25. The van der Waals surface area contributed by atoms with Gasteiger partial charge in [-0.05, 0) is 29.8 Å². The Balaban J connectivity index is 1.46. The summed E-state index contributed by atoms with van der Waals surface area (Å²) in [5, 5.41) is 12.1. The highest BCUT2D eigenvalue weighted by atomic mass is 16.5. The Hall–Kier alpha value is -3.41. The molecule has 0 bridgehead atoms. The molecule has 124 valence electrons. The minimum atomic E-state index is -0.102. The van der Waals surface area contributed by atoms with Crippen LogP contribution < -0.4 is 5.32 Å². The number of hydrogen-bond acceptors (Lipinski definition) is 4. The van der Waals surface area contributed by atoms with Gasteiger partial charge in [0.05, 0.1) is 12.1 Å². The second kappa shape index (κ2) is 6.60. The van der Waals surface area contributed by atoms with E-state index in [9.17, 15) is 4.79 Å². The molecule has 4 aromatic rings. The van der Waals surface area contributed by atoms with Crippen molar-refractivity contribution in [2.45, 2.75) is 13.0 Å². The first-order chi connectivity index (χ1) is 12.3. The summed E-state index contributed by atoms with van der Waals surface area (Å²) in [6.45, 7) is 0.421. The molecule has 1 N–H and O–H groups in total. The third-order valence-corrected chi connectivity index (χ3v) is 4.00. The second-order valence-electron chi connectivity index (χ2n) is 5.66. The summed E-state index contributed by atoms with van der Waals surface area (Å²) in [4.78, 5) is 12.3. The number of benzene rings is 2. The van der Waals surface area contributed by atoms with E-state index in [1.165, 1.54) is 0 Å². The van der Waals surface area contributed by atoms with Gasteiger partial charge in [-0.2, -0.15) is 5.10 Å². The Morgan fingerprint density at radius 2 is 1.92 bits per heavy atom. The van der Waals surface area contributed by atoms with Crippen LogP contribution >= 0.6 is 0 Å². The van der Waals surface area contributed by atoms with Gasteiger partial charge in [-0.25, -0.2) is 4.68 Å². The van der Waals surface area contributed by atoms with E-state index in [2.05, 4.69) is 15.6 Å². The average Bonchev–Trinajstić information content (AvgIpc) is 3.31. The Bertz CT molecular complexity index is 1010. The molecule has 0 saturated carbocycles. The van der Waals surface area contributed by atoms with Crippen molar-refractivity contribution in [3.63, 3.8) is 0 Å². The first kappa shape index (κ1) is 15.1. The van der Waals surface area contributed by atoms with Gasteiger partial charge in [0, 0.05) is 24.3 Å². The fourth-order valence-electron chi connectivity index (χ4n) is 2.77. The number of nitrogens with one attached hydrogen (secondary N) is 1. The Kier molecular flexibility index (Phi) is 4.00. The predicted molar refractivity (Wildman–Crippen MR) is 93.1 cm³/mol. The van der Waals surface area contributed by atoms with Crippen LogP contribution in [0.25, 0.3) is 16.7 Å². The number of aromatic nitrogens is 3. The lowest BCUT2D eigenvalue weighted by Gasteiger charge is -2.10. The Labute approximate surface area is 144 Å². The van der Waals surface area contributed by atoms with Gasteiger partial charge in [0.15, 0.2) is 5.58 Å². The number of para-hydroxylation sites is 2. The molecular formula is C19H16N4O2. The SMILES string of the molecule is O=C(Cc1noc2ccccc12)NCc1ccccc1-n1cccn1. The summed E-state index contributed by atoms with van der Waals surface area (Å²) in [6.07, 6.45) is 3.79. The summed E-state index contributed by atoms with van der Waals surface area (Å²) in [5.74, 6) is -0.102. The zero-order valence-corrected chi connectivity index (χ0v) is 13.4. The highest BCUT2D eigenvalue weighted by Crippen LogP contribution is 2.18. The van der Waals surface area contributed by atoms with E-state index < -0.39 is 0 Å². The molecule has 6 heteroatoms. The standard InChI is InChI=1S/C19H16N4O2/c24-19(12-16-15-7-2-4-9-18(15)25-22-16)20-13-14-6-1-3-8-17(14)23-11-5-10-21-23/h1-11H,12-13H2,(H,20,24). The number of carbonyl (C=O) groups excluding carboxylic acids is 1. The van der Waals surface area contributed by atoms with Crippen LogP contribution in [0.3, 0.4) is 0 Å².